The summed E-state index contributed by atoms with van der Waals surface area (Å²) in [5, 5.41) is 2.21. The van der Waals surface area contributed by atoms with Gasteiger partial charge in [0.1, 0.15) is 11.5 Å². The Balaban J connectivity index is 1.58. The lowest BCUT2D eigenvalue weighted by atomic mass is 9.98. The molecule has 0 amide bonds. The van der Waals surface area contributed by atoms with E-state index in [9.17, 15) is 0 Å². The van der Waals surface area contributed by atoms with Crippen LogP contribution in [0.15, 0.2) is 98.9 Å². The third kappa shape index (κ3) is 4.20. The van der Waals surface area contributed by atoms with Crippen LogP contribution in [-0.4, -0.2) is 24.9 Å². The largest absolute Gasteiger partial charge is 0.496 e. The molecule has 0 fully saturated rings. The standard InChI is InChI=1S/C31H22Br2N2O2/c1-36-28-9-5-3-7-22(28)30-24-15-18(32)11-13-20(24)26(34-30)17-27-21-14-12-19(33)16-25(21)31(35-27)23-8-4-6-10-29(23)37-2/h3-17,34H,1-2H3/b27-17+. The normalized spacial score (nSPS) is 13.6. The van der Waals surface area contributed by atoms with Gasteiger partial charge in [0.15, 0.2) is 0 Å². The molecule has 0 bridgehead atoms. The maximum atomic E-state index is 5.68. The number of methoxy groups -OCH3 is 2. The maximum absolute atomic E-state index is 5.68. The van der Waals surface area contributed by atoms with Crippen molar-refractivity contribution in [3.8, 4) is 22.8 Å². The van der Waals surface area contributed by atoms with E-state index in [1.807, 2.05) is 42.5 Å². The average molecular weight is 614 g/mol. The first kappa shape index (κ1) is 23.8. The number of H-pyrrole nitrogens is 1. The smallest absolute Gasteiger partial charge is 0.128 e. The summed E-state index contributed by atoms with van der Waals surface area (Å²) in [5.41, 5.74) is 7.87. The van der Waals surface area contributed by atoms with Crippen molar-refractivity contribution in [3.05, 3.63) is 116 Å². The Kier molecular flexibility index (Phi) is 6.22. The summed E-state index contributed by atoms with van der Waals surface area (Å²) in [6.45, 7) is 0. The van der Waals surface area contributed by atoms with Crippen molar-refractivity contribution in [1.82, 2.24) is 4.98 Å². The summed E-state index contributed by atoms with van der Waals surface area (Å²) in [6, 6.07) is 28.7. The minimum absolute atomic E-state index is 0.794. The Labute approximate surface area is 231 Å². The first-order chi connectivity index (χ1) is 18.1. The molecule has 1 aliphatic rings. The minimum atomic E-state index is 0.794. The Morgan fingerprint density at radius 1 is 0.676 bits per heavy atom. The van der Waals surface area contributed by atoms with Gasteiger partial charge in [-0.15, -0.1) is 0 Å². The number of nitrogens with one attached hydrogen (secondary N) is 1. The number of para-hydroxylation sites is 2. The van der Waals surface area contributed by atoms with Gasteiger partial charge in [-0.25, -0.2) is 4.99 Å². The Bertz CT molecular complexity index is 1730. The molecule has 1 aliphatic heterocycles. The number of aliphatic imine (C=N–C) groups is 1. The van der Waals surface area contributed by atoms with Crippen LogP contribution in [0, 0.1) is 0 Å². The van der Waals surface area contributed by atoms with Crippen molar-refractivity contribution in [2.45, 2.75) is 0 Å². The number of fused-ring (bicyclic) bond motifs is 2. The molecular formula is C31H22Br2N2O2. The summed E-state index contributed by atoms with van der Waals surface area (Å²) in [7, 11) is 3.39. The lowest BCUT2D eigenvalue weighted by Crippen LogP contribution is -2.03. The lowest BCUT2D eigenvalue weighted by Gasteiger charge is -2.09. The molecule has 0 aliphatic carbocycles. The van der Waals surface area contributed by atoms with E-state index in [0.29, 0.717) is 0 Å². The van der Waals surface area contributed by atoms with E-state index in [2.05, 4.69) is 85.4 Å². The van der Waals surface area contributed by atoms with Crippen LogP contribution in [0.2, 0.25) is 0 Å². The number of halogens is 2. The van der Waals surface area contributed by atoms with Gasteiger partial charge in [0, 0.05) is 47.7 Å². The van der Waals surface area contributed by atoms with Gasteiger partial charge in [-0.2, -0.15) is 0 Å². The zero-order chi connectivity index (χ0) is 25.5. The van der Waals surface area contributed by atoms with Crippen LogP contribution in [0.25, 0.3) is 33.8 Å². The van der Waals surface area contributed by atoms with Gasteiger partial charge in [-0.3, -0.25) is 0 Å². The number of ether oxygens (including phenoxy) is 2. The SMILES string of the molecule is COc1ccccc1C1=N/C(=C/c2[nH]c(-c3ccccc3OC)c3cc(Br)ccc23)c2ccc(Br)cc21. The first-order valence-corrected chi connectivity index (χ1v) is 13.3. The summed E-state index contributed by atoms with van der Waals surface area (Å²) < 4.78 is 13.4. The molecule has 6 heteroatoms. The molecule has 4 nitrogen and oxygen atoms in total. The lowest BCUT2D eigenvalue weighted by molar-refractivity contribution is 0.414. The van der Waals surface area contributed by atoms with Crippen LogP contribution in [0.4, 0.5) is 0 Å². The molecule has 0 atom stereocenters. The van der Waals surface area contributed by atoms with Crippen LogP contribution in [0.3, 0.4) is 0 Å². The molecule has 0 radical (unpaired) electrons. The van der Waals surface area contributed by atoms with E-state index in [0.717, 1.165) is 76.3 Å². The molecule has 1 aromatic heterocycles. The van der Waals surface area contributed by atoms with Crippen molar-refractivity contribution in [2.75, 3.05) is 14.2 Å². The quantitative estimate of drug-likeness (QED) is 0.215. The second kappa shape index (κ2) is 9.69. The second-order valence-corrected chi connectivity index (χ2v) is 10.5. The molecule has 37 heavy (non-hydrogen) atoms. The van der Waals surface area contributed by atoms with Gasteiger partial charge in [0.2, 0.25) is 0 Å². The van der Waals surface area contributed by atoms with E-state index in [-0.39, 0.29) is 0 Å². The van der Waals surface area contributed by atoms with Gasteiger partial charge < -0.3 is 14.5 Å². The van der Waals surface area contributed by atoms with Crippen molar-refractivity contribution < 1.29 is 9.47 Å². The molecule has 0 saturated heterocycles. The van der Waals surface area contributed by atoms with E-state index < -0.39 is 0 Å². The molecule has 0 saturated carbocycles. The van der Waals surface area contributed by atoms with Gasteiger partial charge in [-0.05, 0) is 54.6 Å². The Morgan fingerprint density at radius 3 is 2.08 bits per heavy atom. The van der Waals surface area contributed by atoms with Gasteiger partial charge in [0.05, 0.1) is 31.3 Å². The van der Waals surface area contributed by atoms with Crippen LogP contribution in [-0.2, 0) is 0 Å². The van der Waals surface area contributed by atoms with Crippen molar-refractivity contribution in [2.24, 2.45) is 4.99 Å². The third-order valence-electron chi connectivity index (χ3n) is 6.57. The maximum Gasteiger partial charge on any atom is 0.128 e. The number of rotatable bonds is 5. The molecular weight excluding hydrogens is 592 g/mol. The monoisotopic (exact) mass is 612 g/mol. The fourth-order valence-electron chi connectivity index (χ4n) is 4.87. The Hall–Kier alpha value is -3.61. The van der Waals surface area contributed by atoms with E-state index >= 15 is 0 Å². The van der Waals surface area contributed by atoms with Crippen molar-refractivity contribution in [1.29, 1.82) is 0 Å². The Morgan fingerprint density at radius 2 is 1.32 bits per heavy atom. The van der Waals surface area contributed by atoms with E-state index in [4.69, 9.17) is 14.5 Å². The first-order valence-electron chi connectivity index (χ1n) is 11.8. The van der Waals surface area contributed by atoms with Gasteiger partial charge in [-0.1, -0.05) is 68.3 Å². The highest BCUT2D eigenvalue weighted by Crippen LogP contribution is 2.40. The third-order valence-corrected chi connectivity index (χ3v) is 7.55. The summed E-state index contributed by atoms with van der Waals surface area (Å²) in [4.78, 5) is 8.81. The number of hydrogen-bond acceptors (Lipinski definition) is 3. The van der Waals surface area contributed by atoms with Crippen molar-refractivity contribution in [3.63, 3.8) is 0 Å². The highest BCUT2D eigenvalue weighted by atomic mass is 79.9. The summed E-state index contributed by atoms with van der Waals surface area (Å²) >= 11 is 7.29. The topological polar surface area (TPSA) is 46.6 Å². The molecule has 2 heterocycles. The number of hydrogen-bond donors (Lipinski definition) is 1. The molecule has 0 unspecified atom stereocenters. The number of aromatic nitrogens is 1. The van der Waals surface area contributed by atoms with E-state index in [1.165, 1.54) is 0 Å². The zero-order valence-electron chi connectivity index (χ0n) is 20.2. The van der Waals surface area contributed by atoms with E-state index in [1.54, 1.807) is 14.2 Å². The van der Waals surface area contributed by atoms with Crippen LogP contribution in [0.1, 0.15) is 22.4 Å². The van der Waals surface area contributed by atoms with Crippen LogP contribution < -0.4 is 9.47 Å². The second-order valence-electron chi connectivity index (χ2n) is 8.68. The van der Waals surface area contributed by atoms with Gasteiger partial charge in [0.25, 0.3) is 0 Å². The predicted octanol–water partition coefficient (Wildman–Crippen LogP) is 8.73. The molecule has 6 rings (SSSR count). The highest BCUT2D eigenvalue weighted by molar-refractivity contribution is 9.10. The van der Waals surface area contributed by atoms with Gasteiger partial charge >= 0.3 is 0 Å². The molecule has 5 aromatic rings. The fourth-order valence-corrected chi connectivity index (χ4v) is 5.60. The van der Waals surface area contributed by atoms with Crippen LogP contribution in [0.5, 0.6) is 11.5 Å². The molecule has 0 spiro atoms. The van der Waals surface area contributed by atoms with Crippen molar-refractivity contribution >= 4 is 60.1 Å². The predicted molar refractivity (Wildman–Crippen MR) is 159 cm³/mol. The molecule has 182 valence electrons. The van der Waals surface area contributed by atoms with Crippen LogP contribution >= 0.6 is 31.9 Å². The molecule has 4 aromatic carbocycles. The minimum Gasteiger partial charge on any atom is -0.496 e. The summed E-state index contributed by atoms with van der Waals surface area (Å²) in [6.07, 6.45) is 2.13. The number of nitrogens with zero attached hydrogens (tertiary/aromatic N) is 1. The summed E-state index contributed by atoms with van der Waals surface area (Å²) in [5.74, 6) is 1.61. The zero-order valence-corrected chi connectivity index (χ0v) is 23.4. The molecule has 1 N–H and O–H groups in total. The average Bonchev–Trinajstić information content (AvgIpc) is 3.46. The number of benzene rings is 4. The fraction of sp³-hybridized carbons (Fsp3) is 0.0645. The number of aromatic amines is 1. The highest BCUT2D eigenvalue weighted by Gasteiger charge is 2.25.